The summed E-state index contributed by atoms with van der Waals surface area (Å²) in [4.78, 5) is 13.8. The molecule has 1 atom stereocenters. The van der Waals surface area contributed by atoms with E-state index in [0.29, 0.717) is 0 Å². The summed E-state index contributed by atoms with van der Waals surface area (Å²) in [6, 6.07) is 6.24. The second kappa shape index (κ2) is 7.52. The Balaban J connectivity index is 2.88. The van der Waals surface area contributed by atoms with Crippen molar-refractivity contribution in [3.8, 4) is 0 Å². The van der Waals surface area contributed by atoms with Crippen molar-refractivity contribution in [1.29, 1.82) is 0 Å². The van der Waals surface area contributed by atoms with Gasteiger partial charge < -0.3 is 15.0 Å². The van der Waals surface area contributed by atoms with Crippen LogP contribution in [0.1, 0.15) is 58.2 Å². The second-order valence-electron chi connectivity index (χ2n) is 6.77. The van der Waals surface area contributed by atoms with Crippen LogP contribution in [0.4, 0.5) is 10.5 Å². The number of carbonyl (C=O) groups excluding carboxylic acids is 1. The number of carbonyl (C=O) groups is 1. The molecule has 4 heteroatoms. The number of hydrogen-bond donors (Lipinski definition) is 1. The van der Waals surface area contributed by atoms with E-state index in [1.165, 1.54) is 5.56 Å². The average molecular weight is 306 g/mol. The van der Waals surface area contributed by atoms with E-state index in [4.69, 9.17) is 4.74 Å². The maximum absolute atomic E-state index is 12.2. The van der Waals surface area contributed by atoms with Gasteiger partial charge in [-0.15, -0.1) is 0 Å². The molecule has 1 aromatic rings. The van der Waals surface area contributed by atoms with E-state index in [-0.39, 0.29) is 12.1 Å². The molecule has 0 aliphatic rings. The monoisotopic (exact) mass is 306 g/mol. The molecule has 0 bridgehead atoms. The minimum Gasteiger partial charge on any atom is -0.444 e. The quantitative estimate of drug-likeness (QED) is 0.854. The normalized spacial score (nSPS) is 12.7. The molecular formula is C18H30N2O2. The molecule has 0 radical (unpaired) electrons. The van der Waals surface area contributed by atoms with Gasteiger partial charge in [0.15, 0.2) is 0 Å². The van der Waals surface area contributed by atoms with Crippen LogP contribution in [0.25, 0.3) is 0 Å². The minimum atomic E-state index is -0.480. The number of nitrogens with one attached hydrogen (secondary N) is 1. The van der Waals surface area contributed by atoms with Crippen LogP contribution in [0.5, 0.6) is 0 Å². The third-order valence-corrected chi connectivity index (χ3v) is 3.57. The molecule has 0 aliphatic carbocycles. The zero-order valence-corrected chi connectivity index (χ0v) is 15.0. The Morgan fingerprint density at radius 2 is 2.00 bits per heavy atom. The van der Waals surface area contributed by atoms with E-state index < -0.39 is 5.60 Å². The number of hydrogen-bond acceptors (Lipinski definition) is 3. The molecule has 22 heavy (non-hydrogen) atoms. The standard InChI is InChI=1S/C18H30N2O2/c1-8-11-19-16-12-15(10-9-13(16)2)14(3)20(7)17(21)22-18(4,5)6/h9-10,12,14,19H,8,11H2,1-7H3/t14-/m0/s1. The van der Waals surface area contributed by atoms with Crippen LogP contribution in [-0.4, -0.2) is 30.2 Å². The molecule has 4 nitrogen and oxygen atoms in total. The van der Waals surface area contributed by atoms with E-state index >= 15 is 0 Å². The van der Waals surface area contributed by atoms with Gasteiger partial charge in [0.05, 0.1) is 6.04 Å². The van der Waals surface area contributed by atoms with Gasteiger partial charge in [0, 0.05) is 19.3 Å². The van der Waals surface area contributed by atoms with Crippen molar-refractivity contribution in [2.75, 3.05) is 18.9 Å². The molecule has 1 N–H and O–H groups in total. The Labute approximate surface area is 134 Å². The van der Waals surface area contributed by atoms with E-state index in [1.54, 1.807) is 11.9 Å². The van der Waals surface area contributed by atoms with Crippen molar-refractivity contribution in [3.63, 3.8) is 0 Å². The number of amides is 1. The van der Waals surface area contributed by atoms with Gasteiger partial charge in [-0.25, -0.2) is 4.79 Å². The predicted molar refractivity (Wildman–Crippen MR) is 92.4 cm³/mol. The van der Waals surface area contributed by atoms with Gasteiger partial charge in [0.1, 0.15) is 5.60 Å². The van der Waals surface area contributed by atoms with Crippen LogP contribution in [0.15, 0.2) is 18.2 Å². The maximum Gasteiger partial charge on any atom is 0.410 e. The van der Waals surface area contributed by atoms with Gasteiger partial charge >= 0.3 is 6.09 Å². The van der Waals surface area contributed by atoms with Gasteiger partial charge in [-0.05, 0) is 58.2 Å². The molecule has 0 unspecified atom stereocenters. The predicted octanol–water partition coefficient (Wildman–Crippen LogP) is 4.74. The Bertz CT molecular complexity index is 506. The lowest BCUT2D eigenvalue weighted by Gasteiger charge is -2.29. The van der Waals surface area contributed by atoms with Crippen LogP contribution in [0, 0.1) is 6.92 Å². The van der Waals surface area contributed by atoms with Crippen LogP contribution >= 0.6 is 0 Å². The summed E-state index contributed by atoms with van der Waals surface area (Å²) in [6.45, 7) is 12.8. The highest BCUT2D eigenvalue weighted by atomic mass is 16.6. The Kier molecular flexibility index (Phi) is 6.27. The number of anilines is 1. The van der Waals surface area contributed by atoms with Gasteiger partial charge in [-0.1, -0.05) is 19.1 Å². The Morgan fingerprint density at radius 1 is 1.36 bits per heavy atom. The van der Waals surface area contributed by atoms with Crippen LogP contribution < -0.4 is 5.32 Å². The van der Waals surface area contributed by atoms with Crippen molar-refractivity contribution in [3.05, 3.63) is 29.3 Å². The highest BCUT2D eigenvalue weighted by Crippen LogP contribution is 2.25. The summed E-state index contributed by atoms with van der Waals surface area (Å²) >= 11 is 0. The van der Waals surface area contributed by atoms with Crippen molar-refractivity contribution < 1.29 is 9.53 Å². The molecule has 1 rings (SSSR count). The first kappa shape index (κ1) is 18.3. The lowest BCUT2D eigenvalue weighted by molar-refractivity contribution is 0.0234. The van der Waals surface area contributed by atoms with E-state index in [0.717, 1.165) is 24.2 Å². The first-order valence-corrected chi connectivity index (χ1v) is 7.96. The highest BCUT2D eigenvalue weighted by Gasteiger charge is 2.24. The smallest absolute Gasteiger partial charge is 0.410 e. The molecule has 0 saturated heterocycles. The summed E-state index contributed by atoms with van der Waals surface area (Å²) in [5, 5.41) is 3.43. The SMILES string of the molecule is CCCNc1cc([C@H](C)N(C)C(=O)OC(C)(C)C)ccc1C. The van der Waals surface area contributed by atoms with Crippen LogP contribution in [0.2, 0.25) is 0 Å². The zero-order chi connectivity index (χ0) is 16.9. The van der Waals surface area contributed by atoms with Gasteiger partial charge in [-0.3, -0.25) is 0 Å². The van der Waals surface area contributed by atoms with Crippen molar-refractivity contribution in [2.24, 2.45) is 0 Å². The second-order valence-corrected chi connectivity index (χ2v) is 6.77. The molecule has 0 spiro atoms. The molecule has 0 aliphatic heterocycles. The van der Waals surface area contributed by atoms with E-state index in [9.17, 15) is 4.79 Å². The number of ether oxygens (including phenoxy) is 1. The molecule has 124 valence electrons. The van der Waals surface area contributed by atoms with Gasteiger partial charge in [0.25, 0.3) is 0 Å². The van der Waals surface area contributed by atoms with Crippen LogP contribution in [-0.2, 0) is 4.74 Å². The first-order valence-electron chi connectivity index (χ1n) is 7.96. The average Bonchev–Trinajstić information content (AvgIpc) is 2.43. The lowest BCUT2D eigenvalue weighted by Crippen LogP contribution is -2.35. The molecule has 0 saturated carbocycles. The summed E-state index contributed by atoms with van der Waals surface area (Å²) in [5.74, 6) is 0. The highest BCUT2D eigenvalue weighted by molar-refractivity contribution is 5.68. The lowest BCUT2D eigenvalue weighted by atomic mass is 10.0. The van der Waals surface area contributed by atoms with E-state index in [1.807, 2.05) is 27.7 Å². The summed E-state index contributed by atoms with van der Waals surface area (Å²) in [5.41, 5.74) is 2.96. The maximum atomic E-state index is 12.2. The minimum absolute atomic E-state index is 0.0439. The summed E-state index contributed by atoms with van der Waals surface area (Å²) in [7, 11) is 1.78. The first-order chi connectivity index (χ1) is 10.2. The fourth-order valence-corrected chi connectivity index (χ4v) is 2.07. The molecule has 1 amide bonds. The zero-order valence-electron chi connectivity index (χ0n) is 15.0. The molecule has 0 heterocycles. The van der Waals surface area contributed by atoms with E-state index in [2.05, 4.69) is 37.4 Å². The van der Waals surface area contributed by atoms with Gasteiger partial charge in [-0.2, -0.15) is 0 Å². The topological polar surface area (TPSA) is 41.6 Å². The third-order valence-electron chi connectivity index (χ3n) is 3.57. The Morgan fingerprint density at radius 3 is 2.55 bits per heavy atom. The number of nitrogens with zero attached hydrogens (tertiary/aromatic N) is 1. The fourth-order valence-electron chi connectivity index (χ4n) is 2.07. The number of benzene rings is 1. The summed E-state index contributed by atoms with van der Waals surface area (Å²) < 4.78 is 5.43. The van der Waals surface area contributed by atoms with Crippen molar-refractivity contribution >= 4 is 11.8 Å². The fraction of sp³-hybridized carbons (Fsp3) is 0.611. The van der Waals surface area contributed by atoms with Crippen molar-refractivity contribution in [1.82, 2.24) is 4.90 Å². The molecular weight excluding hydrogens is 276 g/mol. The van der Waals surface area contributed by atoms with Crippen LogP contribution in [0.3, 0.4) is 0 Å². The molecule has 0 aromatic heterocycles. The molecule has 0 fully saturated rings. The summed E-state index contributed by atoms with van der Waals surface area (Å²) in [6.07, 6.45) is 0.778. The number of aryl methyl sites for hydroxylation is 1. The largest absolute Gasteiger partial charge is 0.444 e. The molecule has 1 aromatic carbocycles. The number of rotatable bonds is 5. The Hall–Kier alpha value is -1.71. The van der Waals surface area contributed by atoms with Crippen molar-refractivity contribution in [2.45, 2.75) is 59.6 Å². The third kappa shape index (κ3) is 5.24. The van der Waals surface area contributed by atoms with Gasteiger partial charge in [0.2, 0.25) is 0 Å².